The zero-order chi connectivity index (χ0) is 17.6. The fraction of sp³-hybridized carbons (Fsp3) is 0.211. The molecule has 1 aliphatic rings. The normalized spacial score (nSPS) is 16.6. The molecule has 1 atom stereocenters. The van der Waals surface area contributed by atoms with Crippen LogP contribution in [0.15, 0.2) is 60.7 Å². The molecule has 6 nitrogen and oxygen atoms in total. The van der Waals surface area contributed by atoms with Gasteiger partial charge in [0.25, 0.3) is 5.91 Å². The van der Waals surface area contributed by atoms with Crippen molar-refractivity contribution in [2.24, 2.45) is 0 Å². The SMILES string of the molecule is O=C(CNC(=O)c1ccccc1)NC1CC(=O)N(c2ccccc2)C1. The molecule has 3 rings (SSSR count). The van der Waals surface area contributed by atoms with Crippen LogP contribution in [0.5, 0.6) is 0 Å². The molecule has 1 aliphatic heterocycles. The van der Waals surface area contributed by atoms with Crippen molar-refractivity contribution < 1.29 is 14.4 Å². The zero-order valence-corrected chi connectivity index (χ0v) is 13.6. The maximum Gasteiger partial charge on any atom is 0.251 e. The van der Waals surface area contributed by atoms with Crippen LogP contribution in [0.2, 0.25) is 0 Å². The summed E-state index contributed by atoms with van der Waals surface area (Å²) < 4.78 is 0. The minimum Gasteiger partial charge on any atom is -0.350 e. The van der Waals surface area contributed by atoms with Crippen LogP contribution in [0.1, 0.15) is 16.8 Å². The van der Waals surface area contributed by atoms with E-state index in [0.29, 0.717) is 12.1 Å². The molecule has 2 N–H and O–H groups in total. The Labute approximate surface area is 145 Å². The lowest BCUT2D eigenvalue weighted by atomic mass is 10.2. The van der Waals surface area contributed by atoms with Gasteiger partial charge in [0.2, 0.25) is 11.8 Å². The van der Waals surface area contributed by atoms with Crippen molar-refractivity contribution in [3.8, 4) is 0 Å². The third-order valence-corrected chi connectivity index (χ3v) is 4.00. The quantitative estimate of drug-likeness (QED) is 0.864. The number of anilines is 1. The Morgan fingerprint density at radius 2 is 1.64 bits per heavy atom. The summed E-state index contributed by atoms with van der Waals surface area (Å²) in [5.74, 6) is -0.633. The highest BCUT2D eigenvalue weighted by Crippen LogP contribution is 2.20. The molecule has 1 saturated heterocycles. The largest absolute Gasteiger partial charge is 0.350 e. The molecule has 0 radical (unpaired) electrons. The molecule has 1 fully saturated rings. The Bertz CT molecular complexity index is 762. The summed E-state index contributed by atoms with van der Waals surface area (Å²) in [6.07, 6.45) is 0.257. The van der Waals surface area contributed by atoms with E-state index in [9.17, 15) is 14.4 Å². The second kappa shape index (κ2) is 7.61. The molecule has 25 heavy (non-hydrogen) atoms. The maximum atomic E-state index is 12.1. The topological polar surface area (TPSA) is 78.5 Å². The second-order valence-corrected chi connectivity index (χ2v) is 5.86. The molecule has 0 aromatic heterocycles. The van der Waals surface area contributed by atoms with Gasteiger partial charge < -0.3 is 15.5 Å². The molecule has 6 heteroatoms. The fourth-order valence-electron chi connectivity index (χ4n) is 2.79. The van der Waals surface area contributed by atoms with Gasteiger partial charge in [0.1, 0.15) is 0 Å². The molecule has 0 saturated carbocycles. The van der Waals surface area contributed by atoms with Gasteiger partial charge in [0.05, 0.1) is 12.6 Å². The van der Waals surface area contributed by atoms with E-state index in [1.165, 1.54) is 0 Å². The summed E-state index contributed by atoms with van der Waals surface area (Å²) in [5.41, 5.74) is 1.32. The smallest absolute Gasteiger partial charge is 0.251 e. The average molecular weight is 337 g/mol. The van der Waals surface area contributed by atoms with Crippen LogP contribution in [0.25, 0.3) is 0 Å². The fourth-order valence-corrected chi connectivity index (χ4v) is 2.79. The lowest BCUT2D eigenvalue weighted by Crippen LogP contribution is -2.43. The van der Waals surface area contributed by atoms with E-state index < -0.39 is 0 Å². The van der Waals surface area contributed by atoms with E-state index in [4.69, 9.17) is 0 Å². The molecule has 0 aliphatic carbocycles. The van der Waals surface area contributed by atoms with Crippen LogP contribution in [-0.2, 0) is 9.59 Å². The van der Waals surface area contributed by atoms with Gasteiger partial charge in [-0.25, -0.2) is 0 Å². The van der Waals surface area contributed by atoms with Gasteiger partial charge in [0, 0.05) is 24.2 Å². The van der Waals surface area contributed by atoms with Gasteiger partial charge in [-0.3, -0.25) is 14.4 Å². The Morgan fingerprint density at radius 3 is 2.32 bits per heavy atom. The highest BCUT2D eigenvalue weighted by molar-refractivity contribution is 5.98. The van der Waals surface area contributed by atoms with Crippen molar-refractivity contribution >= 4 is 23.4 Å². The van der Waals surface area contributed by atoms with E-state index >= 15 is 0 Å². The summed E-state index contributed by atoms with van der Waals surface area (Å²) in [4.78, 5) is 37.7. The van der Waals surface area contributed by atoms with Crippen LogP contribution in [0, 0.1) is 0 Å². The lowest BCUT2D eigenvalue weighted by Gasteiger charge is -2.17. The van der Waals surface area contributed by atoms with E-state index in [2.05, 4.69) is 10.6 Å². The number of benzene rings is 2. The molecule has 0 bridgehead atoms. The van der Waals surface area contributed by atoms with Gasteiger partial charge in [0.15, 0.2) is 0 Å². The first kappa shape index (κ1) is 16.7. The van der Waals surface area contributed by atoms with E-state index in [1.54, 1.807) is 29.2 Å². The van der Waals surface area contributed by atoms with Gasteiger partial charge >= 0.3 is 0 Å². The molecule has 1 unspecified atom stereocenters. The molecule has 2 aromatic carbocycles. The van der Waals surface area contributed by atoms with Crippen molar-refractivity contribution in [2.75, 3.05) is 18.0 Å². The highest BCUT2D eigenvalue weighted by atomic mass is 16.2. The summed E-state index contributed by atoms with van der Waals surface area (Å²) in [5, 5.41) is 5.38. The molecular formula is C19H19N3O3. The van der Waals surface area contributed by atoms with Crippen LogP contribution in [0.3, 0.4) is 0 Å². The van der Waals surface area contributed by atoms with E-state index in [0.717, 1.165) is 5.69 Å². The lowest BCUT2D eigenvalue weighted by molar-refractivity contribution is -0.120. The van der Waals surface area contributed by atoms with Crippen LogP contribution in [-0.4, -0.2) is 36.9 Å². The number of nitrogens with one attached hydrogen (secondary N) is 2. The van der Waals surface area contributed by atoms with Crippen LogP contribution < -0.4 is 15.5 Å². The number of rotatable bonds is 5. The molecular weight excluding hydrogens is 318 g/mol. The zero-order valence-electron chi connectivity index (χ0n) is 13.6. The van der Waals surface area contributed by atoms with Crippen LogP contribution >= 0.6 is 0 Å². The molecule has 128 valence electrons. The number of para-hydroxylation sites is 1. The Morgan fingerprint density at radius 1 is 1.00 bits per heavy atom. The number of hydrogen-bond donors (Lipinski definition) is 2. The summed E-state index contributed by atoms with van der Waals surface area (Å²) >= 11 is 0. The third kappa shape index (κ3) is 4.23. The Hall–Kier alpha value is -3.15. The first-order valence-corrected chi connectivity index (χ1v) is 8.11. The monoisotopic (exact) mass is 337 g/mol. The number of nitrogens with zero attached hydrogens (tertiary/aromatic N) is 1. The summed E-state index contributed by atoms with van der Waals surface area (Å²) in [6.45, 7) is 0.310. The highest BCUT2D eigenvalue weighted by Gasteiger charge is 2.31. The van der Waals surface area contributed by atoms with Gasteiger partial charge in [-0.2, -0.15) is 0 Å². The molecule has 2 aromatic rings. The number of carbonyl (C=O) groups is 3. The second-order valence-electron chi connectivity index (χ2n) is 5.86. The van der Waals surface area contributed by atoms with Crippen molar-refractivity contribution in [1.29, 1.82) is 0 Å². The Balaban J connectivity index is 1.49. The van der Waals surface area contributed by atoms with Crippen molar-refractivity contribution in [2.45, 2.75) is 12.5 Å². The van der Waals surface area contributed by atoms with E-state index in [-0.39, 0.29) is 36.7 Å². The predicted octanol–water partition coefficient (Wildman–Crippen LogP) is 1.34. The molecule has 0 spiro atoms. The number of carbonyl (C=O) groups excluding carboxylic acids is 3. The number of hydrogen-bond acceptors (Lipinski definition) is 3. The van der Waals surface area contributed by atoms with Crippen molar-refractivity contribution in [3.63, 3.8) is 0 Å². The minimum atomic E-state index is -0.308. The predicted molar refractivity (Wildman–Crippen MR) is 94.1 cm³/mol. The minimum absolute atomic E-state index is 0.0233. The number of amides is 3. The molecule has 3 amide bonds. The van der Waals surface area contributed by atoms with Crippen molar-refractivity contribution in [1.82, 2.24) is 10.6 Å². The first-order valence-electron chi connectivity index (χ1n) is 8.11. The van der Waals surface area contributed by atoms with Gasteiger partial charge in [-0.05, 0) is 24.3 Å². The van der Waals surface area contributed by atoms with Crippen molar-refractivity contribution in [3.05, 3.63) is 66.2 Å². The third-order valence-electron chi connectivity index (χ3n) is 4.00. The maximum absolute atomic E-state index is 12.1. The molecule has 1 heterocycles. The average Bonchev–Trinajstić information content (AvgIpc) is 3.01. The summed E-state index contributed by atoms with van der Waals surface area (Å²) in [6, 6.07) is 17.8. The van der Waals surface area contributed by atoms with Gasteiger partial charge in [-0.1, -0.05) is 36.4 Å². The van der Waals surface area contributed by atoms with E-state index in [1.807, 2.05) is 36.4 Å². The van der Waals surface area contributed by atoms with Crippen LogP contribution in [0.4, 0.5) is 5.69 Å². The standard InChI is InChI=1S/C19H19N3O3/c23-17(12-20-19(25)14-7-3-1-4-8-14)21-15-11-18(24)22(13-15)16-9-5-2-6-10-16/h1-10,15H,11-13H2,(H,20,25)(H,21,23). The Kier molecular flexibility index (Phi) is 5.09. The van der Waals surface area contributed by atoms with Gasteiger partial charge in [-0.15, -0.1) is 0 Å². The summed E-state index contributed by atoms with van der Waals surface area (Å²) in [7, 11) is 0. The first-order chi connectivity index (χ1) is 12.1.